The summed E-state index contributed by atoms with van der Waals surface area (Å²) < 4.78 is 0. The molecule has 2 heterocycles. The van der Waals surface area contributed by atoms with Gasteiger partial charge in [0, 0.05) is 13.1 Å². The molecule has 0 aromatic heterocycles. The molecule has 3 rings (SSSR count). The number of hydrogen-bond donors (Lipinski definition) is 1. The molecular formula is C22H35N3O. The van der Waals surface area contributed by atoms with E-state index in [9.17, 15) is 4.79 Å². The minimum atomic E-state index is 0.0788. The fourth-order valence-corrected chi connectivity index (χ4v) is 4.65. The van der Waals surface area contributed by atoms with Crippen molar-refractivity contribution >= 4 is 5.91 Å². The highest BCUT2D eigenvalue weighted by molar-refractivity contribution is 5.82. The number of piperidine rings is 1. The number of amides is 1. The molecule has 1 N–H and O–H groups in total. The van der Waals surface area contributed by atoms with Crippen LogP contribution in [0.25, 0.3) is 0 Å². The third-order valence-corrected chi connectivity index (χ3v) is 6.25. The van der Waals surface area contributed by atoms with Gasteiger partial charge < -0.3 is 10.2 Å². The average Bonchev–Trinajstić information content (AvgIpc) is 3.01. The molecule has 0 saturated carbocycles. The van der Waals surface area contributed by atoms with Crippen LogP contribution in [-0.2, 0) is 11.2 Å². The average molecular weight is 358 g/mol. The van der Waals surface area contributed by atoms with E-state index >= 15 is 0 Å². The Kier molecular flexibility index (Phi) is 6.71. The van der Waals surface area contributed by atoms with Crippen molar-refractivity contribution in [1.82, 2.24) is 15.1 Å². The van der Waals surface area contributed by atoms with Gasteiger partial charge >= 0.3 is 0 Å². The summed E-state index contributed by atoms with van der Waals surface area (Å²) >= 11 is 0. The summed E-state index contributed by atoms with van der Waals surface area (Å²) in [5.74, 6) is 0.252. The van der Waals surface area contributed by atoms with Gasteiger partial charge in [0.1, 0.15) is 0 Å². The first-order chi connectivity index (χ1) is 12.6. The SMILES string of the molecule is CCCN1CC2(CCN(C)CC2)C[C@@H]1C(=O)NCCCc1ccccc1. The zero-order valence-corrected chi connectivity index (χ0v) is 16.5. The van der Waals surface area contributed by atoms with E-state index in [1.54, 1.807) is 0 Å². The molecule has 2 aliphatic rings. The first-order valence-corrected chi connectivity index (χ1v) is 10.4. The van der Waals surface area contributed by atoms with Gasteiger partial charge in [0.2, 0.25) is 5.91 Å². The fraction of sp³-hybridized carbons (Fsp3) is 0.682. The number of nitrogens with one attached hydrogen (secondary N) is 1. The van der Waals surface area contributed by atoms with Gasteiger partial charge in [-0.1, -0.05) is 37.3 Å². The second-order valence-corrected chi connectivity index (χ2v) is 8.37. The van der Waals surface area contributed by atoms with Gasteiger partial charge in [0.15, 0.2) is 0 Å². The van der Waals surface area contributed by atoms with Crippen molar-refractivity contribution in [2.75, 3.05) is 39.8 Å². The Bertz CT molecular complexity index is 566. The van der Waals surface area contributed by atoms with Crippen molar-refractivity contribution in [3.05, 3.63) is 35.9 Å². The quantitative estimate of drug-likeness (QED) is 0.762. The first kappa shape index (κ1) is 19.4. The number of aryl methyl sites for hydroxylation is 1. The number of carbonyl (C=O) groups excluding carboxylic acids is 1. The van der Waals surface area contributed by atoms with Gasteiger partial charge in [-0.2, -0.15) is 0 Å². The Hall–Kier alpha value is -1.39. The monoisotopic (exact) mass is 357 g/mol. The van der Waals surface area contributed by atoms with Crippen molar-refractivity contribution in [1.29, 1.82) is 0 Å². The van der Waals surface area contributed by atoms with Crippen molar-refractivity contribution < 1.29 is 4.79 Å². The fourth-order valence-electron chi connectivity index (χ4n) is 4.65. The number of benzene rings is 1. The van der Waals surface area contributed by atoms with Gasteiger partial charge in [-0.3, -0.25) is 9.69 Å². The Morgan fingerprint density at radius 1 is 1.23 bits per heavy atom. The second-order valence-electron chi connectivity index (χ2n) is 8.37. The standard InChI is InChI=1S/C22H35N3O/c1-3-14-25-18-22(11-15-24(2)16-12-22)17-20(25)21(26)23-13-7-10-19-8-5-4-6-9-19/h4-6,8-9,20H,3,7,10-18H2,1-2H3,(H,23,26)/t20-/m1/s1. The van der Waals surface area contributed by atoms with Crippen LogP contribution in [0.1, 0.15) is 44.6 Å². The molecule has 1 aromatic rings. The van der Waals surface area contributed by atoms with Gasteiger partial charge in [-0.05, 0) is 76.2 Å². The van der Waals surface area contributed by atoms with Crippen LogP contribution in [0, 0.1) is 5.41 Å². The summed E-state index contributed by atoms with van der Waals surface area (Å²) in [6.45, 7) is 7.49. The normalized spacial score (nSPS) is 23.4. The van der Waals surface area contributed by atoms with E-state index in [0.717, 1.165) is 45.3 Å². The van der Waals surface area contributed by atoms with Crippen LogP contribution in [0.15, 0.2) is 30.3 Å². The lowest BCUT2D eigenvalue weighted by atomic mass is 9.76. The predicted molar refractivity (Wildman–Crippen MR) is 107 cm³/mol. The number of nitrogens with zero attached hydrogens (tertiary/aromatic N) is 2. The van der Waals surface area contributed by atoms with Crippen LogP contribution in [0.5, 0.6) is 0 Å². The largest absolute Gasteiger partial charge is 0.355 e. The van der Waals surface area contributed by atoms with Gasteiger partial charge in [0.25, 0.3) is 0 Å². The lowest BCUT2D eigenvalue weighted by Gasteiger charge is -2.37. The van der Waals surface area contributed by atoms with Crippen LogP contribution < -0.4 is 5.32 Å². The molecule has 144 valence electrons. The molecule has 0 aliphatic carbocycles. The van der Waals surface area contributed by atoms with E-state index in [4.69, 9.17) is 0 Å². The van der Waals surface area contributed by atoms with Crippen LogP contribution in [0.3, 0.4) is 0 Å². The maximum absolute atomic E-state index is 12.9. The Labute approximate surface area is 158 Å². The number of hydrogen-bond acceptors (Lipinski definition) is 3. The molecule has 2 saturated heterocycles. The van der Waals surface area contributed by atoms with E-state index in [2.05, 4.69) is 53.4 Å². The van der Waals surface area contributed by atoms with Crippen molar-refractivity contribution in [3.8, 4) is 0 Å². The van der Waals surface area contributed by atoms with Crippen molar-refractivity contribution in [2.45, 2.75) is 51.5 Å². The molecule has 1 spiro atoms. The summed E-state index contributed by atoms with van der Waals surface area (Å²) in [6.07, 6.45) is 6.68. The molecule has 2 aliphatic heterocycles. The van der Waals surface area contributed by atoms with E-state index in [0.29, 0.717) is 5.41 Å². The number of rotatable bonds is 7. The molecule has 4 heteroatoms. The highest BCUT2D eigenvalue weighted by Crippen LogP contribution is 2.43. The zero-order chi connectivity index (χ0) is 18.4. The predicted octanol–water partition coefficient (Wildman–Crippen LogP) is 2.93. The minimum Gasteiger partial charge on any atom is -0.355 e. The van der Waals surface area contributed by atoms with Crippen molar-refractivity contribution in [3.63, 3.8) is 0 Å². The lowest BCUT2D eigenvalue weighted by Crippen LogP contribution is -2.43. The molecule has 26 heavy (non-hydrogen) atoms. The molecule has 2 fully saturated rings. The van der Waals surface area contributed by atoms with Crippen LogP contribution in [0.4, 0.5) is 0 Å². The molecule has 4 nitrogen and oxygen atoms in total. The van der Waals surface area contributed by atoms with Crippen LogP contribution in [-0.4, -0.2) is 61.5 Å². The highest BCUT2D eigenvalue weighted by atomic mass is 16.2. The third kappa shape index (κ3) is 4.86. The maximum Gasteiger partial charge on any atom is 0.237 e. The van der Waals surface area contributed by atoms with Crippen LogP contribution in [0.2, 0.25) is 0 Å². The first-order valence-electron chi connectivity index (χ1n) is 10.4. The van der Waals surface area contributed by atoms with E-state index in [-0.39, 0.29) is 11.9 Å². The van der Waals surface area contributed by atoms with Gasteiger partial charge in [0.05, 0.1) is 6.04 Å². The summed E-state index contributed by atoms with van der Waals surface area (Å²) in [7, 11) is 2.21. The molecule has 1 atom stereocenters. The second kappa shape index (κ2) is 9.01. The molecule has 1 aromatic carbocycles. The summed E-state index contributed by atoms with van der Waals surface area (Å²) in [5.41, 5.74) is 1.72. The summed E-state index contributed by atoms with van der Waals surface area (Å²) in [5, 5.41) is 3.22. The van der Waals surface area contributed by atoms with Crippen molar-refractivity contribution in [2.24, 2.45) is 5.41 Å². The summed E-state index contributed by atoms with van der Waals surface area (Å²) in [6, 6.07) is 10.6. The minimum absolute atomic E-state index is 0.0788. The zero-order valence-electron chi connectivity index (χ0n) is 16.5. The van der Waals surface area contributed by atoms with E-state index in [1.165, 1.54) is 31.5 Å². The number of likely N-dealkylation sites (tertiary alicyclic amines) is 2. The maximum atomic E-state index is 12.9. The van der Waals surface area contributed by atoms with Gasteiger partial charge in [-0.15, -0.1) is 0 Å². The molecule has 0 bridgehead atoms. The highest BCUT2D eigenvalue weighted by Gasteiger charge is 2.47. The van der Waals surface area contributed by atoms with Crippen LogP contribution >= 0.6 is 0 Å². The lowest BCUT2D eigenvalue weighted by molar-refractivity contribution is -0.125. The van der Waals surface area contributed by atoms with Gasteiger partial charge in [-0.25, -0.2) is 0 Å². The number of carbonyl (C=O) groups is 1. The molecule has 0 radical (unpaired) electrons. The third-order valence-electron chi connectivity index (χ3n) is 6.25. The molecular weight excluding hydrogens is 322 g/mol. The van der Waals surface area contributed by atoms with E-state index < -0.39 is 0 Å². The Balaban J connectivity index is 1.49. The molecule has 1 amide bonds. The Morgan fingerprint density at radius 2 is 1.96 bits per heavy atom. The topological polar surface area (TPSA) is 35.6 Å². The molecule has 0 unspecified atom stereocenters. The summed E-state index contributed by atoms with van der Waals surface area (Å²) in [4.78, 5) is 17.7. The Morgan fingerprint density at radius 3 is 2.65 bits per heavy atom. The van der Waals surface area contributed by atoms with E-state index in [1.807, 2.05) is 6.07 Å². The smallest absolute Gasteiger partial charge is 0.237 e.